The van der Waals surface area contributed by atoms with Gasteiger partial charge < -0.3 is 4.74 Å². The summed E-state index contributed by atoms with van der Waals surface area (Å²) in [5.74, 6) is 0. The van der Waals surface area contributed by atoms with Gasteiger partial charge in [-0.1, -0.05) is 11.6 Å². The van der Waals surface area contributed by atoms with E-state index in [4.69, 9.17) is 16.3 Å². The molecule has 3 nitrogen and oxygen atoms in total. The van der Waals surface area contributed by atoms with Gasteiger partial charge in [0.05, 0.1) is 5.52 Å². The van der Waals surface area contributed by atoms with Crippen LogP contribution in [0.2, 0.25) is 5.02 Å². The van der Waals surface area contributed by atoms with E-state index in [1.54, 1.807) is 10.6 Å². The number of halogens is 1. The predicted molar refractivity (Wildman–Crippen MR) is 78.1 cm³/mol. The van der Waals surface area contributed by atoms with Crippen molar-refractivity contribution in [3.05, 3.63) is 34.5 Å². The van der Waals surface area contributed by atoms with Crippen molar-refractivity contribution in [1.82, 2.24) is 4.57 Å². The van der Waals surface area contributed by atoms with Gasteiger partial charge in [-0.2, -0.15) is 0 Å². The molecule has 0 saturated carbocycles. The molecule has 0 bridgehead atoms. The molecule has 1 aromatic heterocycles. The summed E-state index contributed by atoms with van der Waals surface area (Å²) < 4.78 is 7.05. The normalized spacial score (nSPS) is 11.9. The summed E-state index contributed by atoms with van der Waals surface area (Å²) in [4.78, 5) is 12.3. The van der Waals surface area contributed by atoms with Gasteiger partial charge in [-0.05, 0) is 58.4 Å². The SMILES string of the molecule is Cc1c(C)n(C(=O)OC(C)(C)C)c2ccc(Cl)cc12. The topological polar surface area (TPSA) is 31.2 Å². The van der Waals surface area contributed by atoms with Crippen molar-refractivity contribution in [2.45, 2.75) is 40.2 Å². The van der Waals surface area contributed by atoms with Gasteiger partial charge in [0.2, 0.25) is 0 Å². The van der Waals surface area contributed by atoms with Crippen LogP contribution in [0.25, 0.3) is 10.9 Å². The minimum atomic E-state index is -0.513. The lowest BCUT2D eigenvalue weighted by Gasteiger charge is -2.20. The van der Waals surface area contributed by atoms with Gasteiger partial charge in [0.1, 0.15) is 5.60 Å². The molecule has 0 unspecified atom stereocenters. The first-order chi connectivity index (χ1) is 8.70. The van der Waals surface area contributed by atoms with Gasteiger partial charge in [0.25, 0.3) is 0 Å². The molecule has 1 heterocycles. The molecule has 4 heteroatoms. The summed E-state index contributed by atoms with van der Waals surface area (Å²) >= 11 is 6.01. The van der Waals surface area contributed by atoms with Crippen LogP contribution in [0.4, 0.5) is 4.79 Å². The molecule has 0 amide bonds. The third kappa shape index (κ3) is 2.61. The Hall–Kier alpha value is -1.48. The fraction of sp³-hybridized carbons (Fsp3) is 0.400. The molecule has 0 aliphatic rings. The van der Waals surface area contributed by atoms with E-state index < -0.39 is 5.60 Å². The molecular formula is C15H18ClNO2. The maximum Gasteiger partial charge on any atom is 0.419 e. The van der Waals surface area contributed by atoms with Gasteiger partial charge in [-0.3, -0.25) is 0 Å². The summed E-state index contributed by atoms with van der Waals surface area (Å²) in [6, 6.07) is 5.51. The largest absolute Gasteiger partial charge is 0.443 e. The van der Waals surface area contributed by atoms with Crippen molar-refractivity contribution >= 4 is 28.6 Å². The molecular weight excluding hydrogens is 262 g/mol. The maximum absolute atomic E-state index is 12.3. The fourth-order valence-electron chi connectivity index (χ4n) is 2.09. The number of aryl methyl sites for hydroxylation is 1. The number of carbonyl (C=O) groups is 1. The first kappa shape index (κ1) is 13.9. The maximum atomic E-state index is 12.3. The van der Waals surface area contributed by atoms with E-state index in [-0.39, 0.29) is 6.09 Å². The molecule has 2 aromatic rings. The molecule has 0 radical (unpaired) electrons. The van der Waals surface area contributed by atoms with Crippen molar-refractivity contribution < 1.29 is 9.53 Å². The lowest BCUT2D eigenvalue weighted by molar-refractivity contribution is 0.0541. The van der Waals surface area contributed by atoms with E-state index in [9.17, 15) is 4.79 Å². The van der Waals surface area contributed by atoms with Crippen LogP contribution in [0, 0.1) is 13.8 Å². The van der Waals surface area contributed by atoms with Crippen LogP contribution in [0.15, 0.2) is 18.2 Å². The van der Waals surface area contributed by atoms with Crippen LogP contribution in [0.5, 0.6) is 0 Å². The molecule has 102 valence electrons. The second-order valence-electron chi connectivity index (χ2n) is 5.69. The first-order valence-corrected chi connectivity index (χ1v) is 6.59. The van der Waals surface area contributed by atoms with Gasteiger partial charge in [0, 0.05) is 16.1 Å². The average Bonchev–Trinajstić information content (AvgIpc) is 2.50. The molecule has 1 aromatic carbocycles. The molecule has 0 N–H and O–H groups in total. The summed E-state index contributed by atoms with van der Waals surface area (Å²) in [6.45, 7) is 9.46. The minimum Gasteiger partial charge on any atom is -0.443 e. The summed E-state index contributed by atoms with van der Waals surface area (Å²) in [5.41, 5.74) is 2.24. The zero-order chi connectivity index (χ0) is 14.4. The number of hydrogen-bond donors (Lipinski definition) is 0. The van der Waals surface area contributed by atoms with E-state index in [1.165, 1.54) is 0 Å². The van der Waals surface area contributed by atoms with E-state index in [0.717, 1.165) is 22.2 Å². The van der Waals surface area contributed by atoms with Crippen LogP contribution in [-0.2, 0) is 4.74 Å². The van der Waals surface area contributed by atoms with Crippen molar-refractivity contribution in [2.24, 2.45) is 0 Å². The third-order valence-electron chi connectivity index (χ3n) is 3.06. The molecule has 2 rings (SSSR count). The molecule has 0 saturated heterocycles. The Morgan fingerprint density at radius 2 is 1.89 bits per heavy atom. The third-order valence-corrected chi connectivity index (χ3v) is 3.29. The van der Waals surface area contributed by atoms with Gasteiger partial charge >= 0.3 is 6.09 Å². The lowest BCUT2D eigenvalue weighted by atomic mass is 10.2. The highest BCUT2D eigenvalue weighted by atomic mass is 35.5. The quantitative estimate of drug-likeness (QED) is 0.700. The van der Waals surface area contributed by atoms with Gasteiger partial charge in [-0.15, -0.1) is 0 Å². The van der Waals surface area contributed by atoms with Crippen molar-refractivity contribution in [3.8, 4) is 0 Å². The number of carbonyl (C=O) groups excluding carboxylic acids is 1. The number of rotatable bonds is 0. The highest BCUT2D eigenvalue weighted by Gasteiger charge is 2.22. The monoisotopic (exact) mass is 279 g/mol. The van der Waals surface area contributed by atoms with Crippen LogP contribution < -0.4 is 0 Å². The highest BCUT2D eigenvalue weighted by molar-refractivity contribution is 6.31. The number of ether oxygens (including phenoxy) is 1. The van der Waals surface area contributed by atoms with Crippen LogP contribution in [-0.4, -0.2) is 16.3 Å². The van der Waals surface area contributed by atoms with Crippen LogP contribution in [0.1, 0.15) is 32.0 Å². The number of aromatic nitrogens is 1. The highest BCUT2D eigenvalue weighted by Crippen LogP contribution is 2.28. The molecule has 0 spiro atoms. The van der Waals surface area contributed by atoms with Crippen molar-refractivity contribution in [3.63, 3.8) is 0 Å². The first-order valence-electron chi connectivity index (χ1n) is 6.21. The van der Waals surface area contributed by atoms with E-state index in [0.29, 0.717) is 5.02 Å². The molecule has 0 fully saturated rings. The zero-order valence-electron chi connectivity index (χ0n) is 11.9. The van der Waals surface area contributed by atoms with E-state index in [2.05, 4.69) is 0 Å². The lowest BCUT2D eigenvalue weighted by Crippen LogP contribution is -2.27. The number of fused-ring (bicyclic) bond motifs is 1. The van der Waals surface area contributed by atoms with E-state index in [1.807, 2.05) is 46.8 Å². The molecule has 0 aliphatic carbocycles. The molecule has 0 aliphatic heterocycles. The second kappa shape index (κ2) is 4.57. The molecule has 0 atom stereocenters. The van der Waals surface area contributed by atoms with Crippen molar-refractivity contribution in [1.29, 1.82) is 0 Å². The van der Waals surface area contributed by atoms with Gasteiger partial charge in [-0.25, -0.2) is 9.36 Å². The summed E-state index contributed by atoms with van der Waals surface area (Å²) in [7, 11) is 0. The second-order valence-corrected chi connectivity index (χ2v) is 6.12. The average molecular weight is 280 g/mol. The number of nitrogens with zero attached hydrogens (tertiary/aromatic N) is 1. The Labute approximate surface area is 118 Å². The predicted octanol–water partition coefficient (Wildman–Crippen LogP) is 4.69. The Morgan fingerprint density at radius 1 is 1.26 bits per heavy atom. The summed E-state index contributed by atoms with van der Waals surface area (Å²) in [6.07, 6.45) is -0.356. The minimum absolute atomic E-state index is 0.356. The van der Waals surface area contributed by atoms with Crippen LogP contribution in [0.3, 0.4) is 0 Å². The summed E-state index contributed by atoms with van der Waals surface area (Å²) in [5, 5.41) is 1.65. The number of benzene rings is 1. The standard InChI is InChI=1S/C15H18ClNO2/c1-9-10(2)17(14(18)19-15(3,4)5)13-7-6-11(16)8-12(9)13/h6-8H,1-5H3. The Bertz CT molecular complexity index is 650. The fourth-order valence-corrected chi connectivity index (χ4v) is 2.26. The van der Waals surface area contributed by atoms with Crippen LogP contribution >= 0.6 is 11.6 Å². The van der Waals surface area contributed by atoms with E-state index >= 15 is 0 Å². The Kier molecular flexibility index (Phi) is 3.35. The Morgan fingerprint density at radius 3 is 2.47 bits per heavy atom. The zero-order valence-corrected chi connectivity index (χ0v) is 12.6. The van der Waals surface area contributed by atoms with Gasteiger partial charge in [0.15, 0.2) is 0 Å². The molecule has 19 heavy (non-hydrogen) atoms. The smallest absolute Gasteiger partial charge is 0.419 e. The Balaban J connectivity index is 2.61. The van der Waals surface area contributed by atoms with Crippen molar-refractivity contribution in [2.75, 3.05) is 0 Å². The number of hydrogen-bond acceptors (Lipinski definition) is 2.